The first-order valence-corrected chi connectivity index (χ1v) is 6.81. The van der Waals surface area contributed by atoms with E-state index in [9.17, 15) is 4.79 Å². The van der Waals surface area contributed by atoms with Gasteiger partial charge in [-0.2, -0.15) is 0 Å². The minimum absolute atomic E-state index is 0.0970. The van der Waals surface area contributed by atoms with E-state index in [1.54, 1.807) is 7.11 Å². The summed E-state index contributed by atoms with van der Waals surface area (Å²) in [5.74, 6) is 0.0132. The average Bonchev–Trinajstić information content (AvgIpc) is 2.27. The summed E-state index contributed by atoms with van der Waals surface area (Å²) < 4.78 is 6.31. The number of rotatable bonds is 6. The molecule has 19 heavy (non-hydrogen) atoms. The molecule has 0 spiro atoms. The standard InChI is InChI=1S/C14H20BrNO3/c1-14(2,8-13(17)18)16(3)9-10-7-11(15)5-6-12(10)19-4/h5-7H,8-9H2,1-4H3,(H,17,18). The number of ether oxygens (including phenoxy) is 1. The molecule has 0 fully saturated rings. The molecule has 5 heteroatoms. The Labute approximate surface area is 122 Å². The van der Waals surface area contributed by atoms with Crippen molar-refractivity contribution in [1.82, 2.24) is 4.90 Å². The zero-order chi connectivity index (χ0) is 14.6. The Bertz CT molecular complexity index is 460. The second kappa shape index (κ2) is 6.39. The van der Waals surface area contributed by atoms with Crippen LogP contribution >= 0.6 is 15.9 Å². The molecule has 106 valence electrons. The van der Waals surface area contributed by atoms with Crippen molar-refractivity contribution in [2.75, 3.05) is 14.2 Å². The highest BCUT2D eigenvalue weighted by molar-refractivity contribution is 9.10. The lowest BCUT2D eigenvalue weighted by Crippen LogP contribution is -2.42. The van der Waals surface area contributed by atoms with Gasteiger partial charge in [0.15, 0.2) is 0 Å². The normalized spacial score (nSPS) is 11.7. The minimum atomic E-state index is -0.793. The number of benzene rings is 1. The van der Waals surface area contributed by atoms with E-state index in [0.717, 1.165) is 15.8 Å². The Morgan fingerprint density at radius 2 is 2.11 bits per heavy atom. The van der Waals surface area contributed by atoms with E-state index < -0.39 is 11.5 Å². The van der Waals surface area contributed by atoms with Crippen molar-refractivity contribution in [2.24, 2.45) is 0 Å². The van der Waals surface area contributed by atoms with Gasteiger partial charge in [0.05, 0.1) is 13.5 Å². The molecule has 0 amide bonds. The zero-order valence-corrected chi connectivity index (χ0v) is 13.3. The lowest BCUT2D eigenvalue weighted by molar-refractivity contribution is -0.139. The topological polar surface area (TPSA) is 49.8 Å². The number of aliphatic carboxylic acids is 1. The molecule has 0 aromatic heterocycles. The molecule has 0 saturated heterocycles. The summed E-state index contributed by atoms with van der Waals surface area (Å²) in [5, 5.41) is 8.95. The smallest absolute Gasteiger partial charge is 0.305 e. The summed E-state index contributed by atoms with van der Waals surface area (Å²) in [4.78, 5) is 12.9. The van der Waals surface area contributed by atoms with Crippen LogP contribution < -0.4 is 4.74 Å². The number of carboxylic acid groups (broad SMARTS) is 1. The van der Waals surface area contributed by atoms with E-state index in [1.807, 2.05) is 44.0 Å². The van der Waals surface area contributed by atoms with Gasteiger partial charge in [-0.05, 0) is 39.1 Å². The van der Waals surface area contributed by atoms with E-state index in [1.165, 1.54) is 0 Å². The highest BCUT2D eigenvalue weighted by atomic mass is 79.9. The van der Waals surface area contributed by atoms with E-state index in [0.29, 0.717) is 6.54 Å². The molecule has 0 saturated carbocycles. The van der Waals surface area contributed by atoms with Gasteiger partial charge < -0.3 is 9.84 Å². The third-order valence-corrected chi connectivity index (χ3v) is 3.76. The molecule has 4 nitrogen and oxygen atoms in total. The van der Waals surface area contributed by atoms with Crippen LogP contribution in [-0.4, -0.2) is 35.7 Å². The first-order valence-electron chi connectivity index (χ1n) is 6.01. The second-order valence-electron chi connectivity index (χ2n) is 5.20. The number of carbonyl (C=O) groups is 1. The van der Waals surface area contributed by atoms with Crippen LogP contribution in [0.5, 0.6) is 5.75 Å². The van der Waals surface area contributed by atoms with Crippen LogP contribution in [0.1, 0.15) is 25.8 Å². The van der Waals surface area contributed by atoms with Gasteiger partial charge >= 0.3 is 5.97 Å². The van der Waals surface area contributed by atoms with Gasteiger partial charge in [0.25, 0.3) is 0 Å². The number of carboxylic acids is 1. The van der Waals surface area contributed by atoms with Gasteiger partial charge in [0.1, 0.15) is 5.75 Å². The van der Waals surface area contributed by atoms with Crippen LogP contribution in [0.4, 0.5) is 0 Å². The molecule has 0 aliphatic heterocycles. The third kappa shape index (κ3) is 4.51. The third-order valence-electron chi connectivity index (χ3n) is 3.27. The van der Waals surface area contributed by atoms with Crippen LogP contribution in [0.25, 0.3) is 0 Å². The minimum Gasteiger partial charge on any atom is -0.496 e. The number of nitrogens with zero attached hydrogens (tertiary/aromatic N) is 1. The summed E-state index contributed by atoms with van der Waals surface area (Å²) in [6.07, 6.45) is 0.0970. The van der Waals surface area contributed by atoms with E-state index in [2.05, 4.69) is 15.9 Å². The molecule has 0 atom stereocenters. The van der Waals surface area contributed by atoms with Gasteiger partial charge in [-0.1, -0.05) is 15.9 Å². The lowest BCUT2D eigenvalue weighted by atomic mass is 9.98. The molecule has 1 aromatic carbocycles. The predicted molar refractivity (Wildman–Crippen MR) is 78.5 cm³/mol. The lowest BCUT2D eigenvalue weighted by Gasteiger charge is -2.34. The molecular formula is C14H20BrNO3. The molecule has 0 aliphatic carbocycles. The van der Waals surface area contributed by atoms with Crippen LogP contribution in [0.2, 0.25) is 0 Å². The molecule has 0 heterocycles. The summed E-state index contributed by atoms with van der Waals surface area (Å²) in [6.45, 7) is 4.47. The van der Waals surface area contributed by atoms with Crippen LogP contribution in [0, 0.1) is 0 Å². The van der Waals surface area contributed by atoms with Gasteiger partial charge in [-0.3, -0.25) is 9.69 Å². The molecule has 0 bridgehead atoms. The predicted octanol–water partition coefficient (Wildman–Crippen LogP) is 3.14. The molecule has 1 N–H and O–H groups in total. The van der Waals surface area contributed by atoms with Crippen LogP contribution in [0.3, 0.4) is 0 Å². The zero-order valence-electron chi connectivity index (χ0n) is 11.7. The molecule has 0 aliphatic rings. The first kappa shape index (κ1) is 16.0. The fourth-order valence-electron chi connectivity index (χ4n) is 1.85. The number of methoxy groups -OCH3 is 1. The van der Waals surface area contributed by atoms with Crippen molar-refractivity contribution < 1.29 is 14.6 Å². The number of hydrogen-bond acceptors (Lipinski definition) is 3. The van der Waals surface area contributed by atoms with Crippen molar-refractivity contribution in [3.05, 3.63) is 28.2 Å². The molecule has 0 radical (unpaired) electrons. The number of halogens is 1. The van der Waals surface area contributed by atoms with Crippen molar-refractivity contribution in [3.63, 3.8) is 0 Å². The van der Waals surface area contributed by atoms with Crippen molar-refractivity contribution in [2.45, 2.75) is 32.4 Å². The molecule has 1 rings (SSSR count). The van der Waals surface area contributed by atoms with Gasteiger partial charge in [-0.15, -0.1) is 0 Å². The summed E-state index contributed by atoms with van der Waals surface area (Å²) >= 11 is 3.44. The quantitative estimate of drug-likeness (QED) is 0.871. The SMILES string of the molecule is COc1ccc(Br)cc1CN(C)C(C)(C)CC(=O)O. The largest absolute Gasteiger partial charge is 0.496 e. The Balaban J connectivity index is 2.89. The number of hydrogen-bond donors (Lipinski definition) is 1. The van der Waals surface area contributed by atoms with E-state index >= 15 is 0 Å². The maximum atomic E-state index is 10.9. The Morgan fingerprint density at radius 3 is 2.63 bits per heavy atom. The highest BCUT2D eigenvalue weighted by Crippen LogP contribution is 2.27. The van der Waals surface area contributed by atoms with Crippen LogP contribution in [0.15, 0.2) is 22.7 Å². The first-order chi connectivity index (χ1) is 8.76. The van der Waals surface area contributed by atoms with Crippen molar-refractivity contribution in [1.29, 1.82) is 0 Å². The van der Waals surface area contributed by atoms with E-state index in [-0.39, 0.29) is 6.42 Å². The average molecular weight is 330 g/mol. The molecule has 1 aromatic rings. The van der Waals surface area contributed by atoms with E-state index in [4.69, 9.17) is 9.84 Å². The Hall–Kier alpha value is -1.07. The van der Waals surface area contributed by atoms with Gasteiger partial charge in [0, 0.05) is 22.1 Å². The van der Waals surface area contributed by atoms with Crippen molar-refractivity contribution in [3.8, 4) is 5.75 Å². The maximum Gasteiger partial charge on any atom is 0.305 e. The molecular weight excluding hydrogens is 310 g/mol. The monoisotopic (exact) mass is 329 g/mol. The van der Waals surface area contributed by atoms with Crippen molar-refractivity contribution >= 4 is 21.9 Å². The summed E-state index contributed by atoms with van der Waals surface area (Å²) in [6, 6.07) is 5.81. The van der Waals surface area contributed by atoms with Gasteiger partial charge in [0.2, 0.25) is 0 Å². The maximum absolute atomic E-state index is 10.9. The second-order valence-corrected chi connectivity index (χ2v) is 6.11. The Morgan fingerprint density at radius 1 is 1.47 bits per heavy atom. The Kier molecular flexibility index (Phi) is 5.38. The molecule has 0 unspecified atom stereocenters. The summed E-state index contributed by atoms with van der Waals surface area (Å²) in [5.41, 5.74) is 0.608. The summed E-state index contributed by atoms with van der Waals surface area (Å²) in [7, 11) is 3.55. The van der Waals surface area contributed by atoms with Gasteiger partial charge in [-0.25, -0.2) is 0 Å². The van der Waals surface area contributed by atoms with Crippen LogP contribution in [-0.2, 0) is 11.3 Å². The fourth-order valence-corrected chi connectivity index (χ4v) is 2.25. The highest BCUT2D eigenvalue weighted by Gasteiger charge is 2.27. The fraction of sp³-hybridized carbons (Fsp3) is 0.500.